The fourth-order valence-electron chi connectivity index (χ4n) is 4.77. The second-order valence-corrected chi connectivity index (χ2v) is 10.4. The third-order valence-corrected chi connectivity index (χ3v) is 6.68. The Morgan fingerprint density at radius 3 is 2.22 bits per heavy atom. The molecule has 0 spiro atoms. The van der Waals surface area contributed by atoms with Crippen molar-refractivity contribution in [2.75, 3.05) is 25.0 Å². The molecule has 2 atom stereocenters. The van der Waals surface area contributed by atoms with Crippen LogP contribution in [0.2, 0.25) is 0 Å². The zero-order valence-electron chi connectivity index (χ0n) is 24.2. The molecule has 3 rings (SSSR count). The lowest BCUT2D eigenvalue weighted by Gasteiger charge is -2.25. The fourth-order valence-corrected chi connectivity index (χ4v) is 4.77. The van der Waals surface area contributed by atoms with Gasteiger partial charge in [0.05, 0.1) is 12.1 Å². The van der Waals surface area contributed by atoms with Crippen molar-refractivity contribution >= 4 is 17.6 Å². The van der Waals surface area contributed by atoms with Gasteiger partial charge in [-0.15, -0.1) is 0 Å². The smallest absolute Gasteiger partial charge is 0.253 e. The van der Waals surface area contributed by atoms with Gasteiger partial charge in [0.15, 0.2) is 0 Å². The van der Waals surface area contributed by atoms with Gasteiger partial charge in [-0.1, -0.05) is 13.8 Å². The molecular weight excluding hydrogens is 526 g/mol. The number of aliphatic hydroxyl groups is 1. The van der Waals surface area contributed by atoms with E-state index in [2.05, 4.69) is 15.6 Å². The summed E-state index contributed by atoms with van der Waals surface area (Å²) in [6.07, 6.45) is 2.51. The van der Waals surface area contributed by atoms with Gasteiger partial charge in [-0.2, -0.15) is 0 Å². The van der Waals surface area contributed by atoms with Crippen LogP contribution in [-0.2, 0) is 6.42 Å². The van der Waals surface area contributed by atoms with E-state index in [1.54, 1.807) is 29.3 Å². The van der Waals surface area contributed by atoms with Crippen LogP contribution in [0.5, 0.6) is 0 Å². The van der Waals surface area contributed by atoms with Gasteiger partial charge in [0.2, 0.25) is 0 Å². The number of rotatable bonds is 14. The van der Waals surface area contributed by atoms with Gasteiger partial charge in [-0.05, 0) is 98.7 Å². The van der Waals surface area contributed by atoms with Crippen LogP contribution >= 0.6 is 0 Å². The number of nitrogens with one attached hydrogen (secondary N) is 2. The number of pyridine rings is 1. The summed E-state index contributed by atoms with van der Waals surface area (Å²) >= 11 is 0. The second-order valence-electron chi connectivity index (χ2n) is 10.4. The number of hydrogen-bond acceptors (Lipinski definition) is 5. The summed E-state index contributed by atoms with van der Waals surface area (Å²) in [4.78, 5) is 32.7. The molecule has 0 unspecified atom stereocenters. The molecule has 0 bridgehead atoms. The maximum atomic E-state index is 13.9. The van der Waals surface area contributed by atoms with Gasteiger partial charge in [-0.3, -0.25) is 9.59 Å². The van der Waals surface area contributed by atoms with Crippen molar-refractivity contribution in [1.29, 1.82) is 0 Å². The zero-order chi connectivity index (χ0) is 29.9. The molecule has 0 aliphatic heterocycles. The molecule has 2 amide bonds. The van der Waals surface area contributed by atoms with Crippen molar-refractivity contribution < 1.29 is 23.5 Å². The standard InChI is InChI=1S/C32H40F2N4O3/c1-5-11-38(12-6-2)32(41)25-14-22(4)13-24(19-25)31(40)37-28(18-23-16-26(33)20-27(34)17-23)29(39)8-10-36-30-15-21(3)7-9-35-30/h7,9,13-17,19-20,28-29,39H,5-6,8,10-12,18H2,1-4H3,(H,35,36)(H,37,40)/t28-,29-/m0/s1. The van der Waals surface area contributed by atoms with Gasteiger partial charge in [0.25, 0.3) is 11.8 Å². The number of aliphatic hydroxyl groups excluding tert-OH is 1. The van der Waals surface area contributed by atoms with Crippen LogP contribution in [0.4, 0.5) is 14.6 Å². The van der Waals surface area contributed by atoms with Crippen molar-refractivity contribution in [2.24, 2.45) is 0 Å². The third-order valence-electron chi connectivity index (χ3n) is 6.68. The SMILES string of the molecule is CCCN(CCC)C(=O)c1cc(C)cc(C(=O)N[C@@H](Cc2cc(F)cc(F)c2)[C@@H](O)CCNc2cc(C)ccn2)c1. The Bertz CT molecular complexity index is 1310. The maximum Gasteiger partial charge on any atom is 0.253 e. The minimum absolute atomic E-state index is 0.00264. The average Bonchev–Trinajstić information content (AvgIpc) is 2.91. The maximum absolute atomic E-state index is 13.9. The number of nitrogens with zero attached hydrogens (tertiary/aromatic N) is 2. The molecule has 0 saturated carbocycles. The van der Waals surface area contributed by atoms with E-state index in [9.17, 15) is 23.5 Å². The predicted octanol–water partition coefficient (Wildman–Crippen LogP) is 5.44. The number of carbonyl (C=O) groups is 2. The fraction of sp³-hybridized carbons (Fsp3) is 0.406. The second kappa shape index (κ2) is 15.2. The van der Waals surface area contributed by atoms with Crippen molar-refractivity contribution in [3.8, 4) is 0 Å². The van der Waals surface area contributed by atoms with Crippen LogP contribution < -0.4 is 10.6 Å². The summed E-state index contributed by atoms with van der Waals surface area (Å²) in [5, 5.41) is 17.1. The summed E-state index contributed by atoms with van der Waals surface area (Å²) in [5.41, 5.74) is 2.76. The molecule has 1 aromatic heterocycles. The zero-order valence-corrected chi connectivity index (χ0v) is 24.2. The summed E-state index contributed by atoms with van der Waals surface area (Å²) < 4.78 is 27.9. The molecule has 0 fully saturated rings. The number of hydrogen-bond donors (Lipinski definition) is 3. The van der Waals surface area contributed by atoms with Gasteiger partial charge >= 0.3 is 0 Å². The van der Waals surface area contributed by atoms with E-state index in [1.165, 1.54) is 12.1 Å². The molecule has 2 aromatic carbocycles. The molecule has 3 aromatic rings. The lowest BCUT2D eigenvalue weighted by atomic mass is 9.97. The molecule has 0 saturated heterocycles. The number of amides is 2. The Morgan fingerprint density at radius 2 is 1.59 bits per heavy atom. The molecule has 7 nitrogen and oxygen atoms in total. The lowest BCUT2D eigenvalue weighted by Crippen LogP contribution is -2.45. The van der Waals surface area contributed by atoms with E-state index in [-0.39, 0.29) is 24.3 Å². The predicted molar refractivity (Wildman–Crippen MR) is 157 cm³/mol. The quantitative estimate of drug-likeness (QED) is 0.242. The van der Waals surface area contributed by atoms with Crippen LogP contribution in [0.15, 0.2) is 54.7 Å². The van der Waals surface area contributed by atoms with E-state index >= 15 is 0 Å². The number of carbonyl (C=O) groups excluding carboxylic acids is 2. The highest BCUT2D eigenvalue weighted by molar-refractivity contribution is 6.00. The highest BCUT2D eigenvalue weighted by Crippen LogP contribution is 2.17. The highest BCUT2D eigenvalue weighted by atomic mass is 19.1. The number of anilines is 1. The lowest BCUT2D eigenvalue weighted by molar-refractivity contribution is 0.0755. The first-order valence-electron chi connectivity index (χ1n) is 14.1. The molecule has 1 heterocycles. The molecule has 0 radical (unpaired) electrons. The Balaban J connectivity index is 1.81. The minimum atomic E-state index is -1.04. The molecule has 0 aliphatic rings. The average molecular weight is 567 g/mol. The topological polar surface area (TPSA) is 94.6 Å². The Morgan fingerprint density at radius 1 is 0.927 bits per heavy atom. The Hall–Kier alpha value is -3.85. The van der Waals surface area contributed by atoms with Crippen molar-refractivity contribution in [1.82, 2.24) is 15.2 Å². The Kier molecular flexibility index (Phi) is 11.8. The first-order valence-corrected chi connectivity index (χ1v) is 14.1. The van der Waals surface area contributed by atoms with Crippen LogP contribution in [0.1, 0.15) is 70.5 Å². The van der Waals surface area contributed by atoms with Gasteiger partial charge in [-0.25, -0.2) is 13.8 Å². The first kappa shape index (κ1) is 31.7. The summed E-state index contributed by atoms with van der Waals surface area (Å²) in [5.74, 6) is -1.46. The van der Waals surface area contributed by atoms with E-state index in [4.69, 9.17) is 0 Å². The number of benzene rings is 2. The molecule has 220 valence electrons. The van der Waals surface area contributed by atoms with Crippen molar-refractivity contribution in [3.63, 3.8) is 0 Å². The van der Waals surface area contributed by atoms with E-state index < -0.39 is 29.7 Å². The van der Waals surface area contributed by atoms with Crippen LogP contribution in [0.25, 0.3) is 0 Å². The van der Waals surface area contributed by atoms with Crippen molar-refractivity contribution in [2.45, 2.75) is 65.5 Å². The largest absolute Gasteiger partial charge is 0.391 e. The molecular formula is C32H40F2N4O3. The molecule has 9 heteroatoms. The van der Waals surface area contributed by atoms with E-state index in [0.717, 1.165) is 30.0 Å². The van der Waals surface area contributed by atoms with Gasteiger partial charge in [0, 0.05) is 43.0 Å². The third kappa shape index (κ3) is 9.63. The minimum Gasteiger partial charge on any atom is -0.391 e. The summed E-state index contributed by atoms with van der Waals surface area (Å²) in [7, 11) is 0. The van der Waals surface area contributed by atoms with Crippen LogP contribution in [0.3, 0.4) is 0 Å². The highest BCUT2D eigenvalue weighted by Gasteiger charge is 2.24. The molecule has 41 heavy (non-hydrogen) atoms. The van der Waals surface area contributed by atoms with Gasteiger partial charge < -0.3 is 20.6 Å². The number of aromatic nitrogens is 1. The van der Waals surface area contributed by atoms with E-state index in [1.807, 2.05) is 39.8 Å². The van der Waals surface area contributed by atoms with E-state index in [0.29, 0.717) is 36.6 Å². The van der Waals surface area contributed by atoms with Crippen molar-refractivity contribution in [3.05, 3.63) is 94.2 Å². The normalized spacial score (nSPS) is 12.5. The Labute approximate surface area is 241 Å². The number of halogens is 2. The monoisotopic (exact) mass is 566 g/mol. The first-order chi connectivity index (χ1) is 19.6. The summed E-state index contributed by atoms with van der Waals surface area (Å²) in [6.45, 7) is 9.36. The van der Waals surface area contributed by atoms with Gasteiger partial charge in [0.1, 0.15) is 17.5 Å². The molecule has 3 N–H and O–H groups in total. The number of aryl methyl sites for hydroxylation is 2. The summed E-state index contributed by atoms with van der Waals surface area (Å²) in [6, 6.07) is 11.0. The molecule has 0 aliphatic carbocycles. The van der Waals surface area contributed by atoms with Crippen LogP contribution in [-0.4, -0.2) is 58.6 Å². The van der Waals surface area contributed by atoms with Crippen LogP contribution in [0, 0.1) is 25.5 Å².